The molecule has 6 nitrogen and oxygen atoms in total. The van der Waals surface area contributed by atoms with E-state index in [1.807, 2.05) is 60.7 Å². The van der Waals surface area contributed by atoms with Gasteiger partial charge in [-0.2, -0.15) is 21.6 Å². The molecule has 0 N–H and O–H groups in total. The van der Waals surface area contributed by atoms with E-state index in [0.29, 0.717) is 17.4 Å². The Hall–Kier alpha value is -3.57. The molecule has 1 aromatic heterocycles. The summed E-state index contributed by atoms with van der Waals surface area (Å²) in [6.45, 7) is 7.80. The predicted molar refractivity (Wildman–Crippen MR) is 141 cm³/mol. The minimum absolute atomic E-state index is 0.121. The quantitative estimate of drug-likeness (QED) is 0.138. The molecular formula is C27H25F3O6SSi. The Kier molecular flexibility index (Phi) is 6.96. The van der Waals surface area contributed by atoms with Crippen LogP contribution in [0.25, 0.3) is 11.0 Å². The van der Waals surface area contributed by atoms with Crippen LogP contribution in [0.4, 0.5) is 13.2 Å². The van der Waals surface area contributed by atoms with E-state index >= 15 is 0 Å². The number of fused-ring (bicyclic) bond motifs is 1. The number of hydrogen-bond donors (Lipinski definition) is 0. The molecule has 0 aliphatic heterocycles. The van der Waals surface area contributed by atoms with Gasteiger partial charge >= 0.3 is 29.6 Å². The number of rotatable bonds is 6. The van der Waals surface area contributed by atoms with Gasteiger partial charge in [0.05, 0.1) is 11.5 Å². The Morgan fingerprint density at radius 2 is 1.34 bits per heavy atom. The molecule has 11 heteroatoms. The van der Waals surface area contributed by atoms with Crippen molar-refractivity contribution in [2.24, 2.45) is 0 Å². The molecule has 1 heterocycles. The van der Waals surface area contributed by atoms with Gasteiger partial charge in [0.1, 0.15) is 11.3 Å². The van der Waals surface area contributed by atoms with Gasteiger partial charge in [-0.1, -0.05) is 81.4 Å². The van der Waals surface area contributed by atoms with Crippen LogP contribution in [0.3, 0.4) is 0 Å². The molecule has 0 unspecified atom stereocenters. The minimum atomic E-state index is -6.01. The van der Waals surface area contributed by atoms with Crippen LogP contribution < -0.4 is 24.6 Å². The Balaban J connectivity index is 1.94. The van der Waals surface area contributed by atoms with E-state index in [9.17, 15) is 26.4 Å². The first-order valence-electron chi connectivity index (χ1n) is 11.6. The van der Waals surface area contributed by atoms with Crippen LogP contribution >= 0.6 is 0 Å². The normalized spacial score (nSPS) is 12.9. The fraction of sp³-hybridized carbons (Fsp3) is 0.222. The van der Waals surface area contributed by atoms with Crippen LogP contribution in [0, 0.1) is 6.92 Å². The highest BCUT2D eigenvalue weighted by atomic mass is 32.2. The predicted octanol–water partition coefficient (Wildman–Crippen LogP) is 5.27. The van der Waals surface area contributed by atoms with Gasteiger partial charge in [0.15, 0.2) is 5.75 Å². The van der Waals surface area contributed by atoms with Crippen molar-refractivity contribution in [3.63, 3.8) is 0 Å². The first-order valence-corrected chi connectivity index (χ1v) is 14.9. The number of benzene rings is 3. The molecule has 0 aliphatic carbocycles. The molecule has 0 atom stereocenters. The first-order chi connectivity index (χ1) is 17.7. The Morgan fingerprint density at radius 1 is 0.816 bits per heavy atom. The summed E-state index contributed by atoms with van der Waals surface area (Å²) < 4.78 is 78.7. The number of aryl methyl sites for hydroxylation is 1. The van der Waals surface area contributed by atoms with Crippen molar-refractivity contribution >= 4 is 39.8 Å². The summed E-state index contributed by atoms with van der Waals surface area (Å²) in [5.41, 5.74) is -6.57. The van der Waals surface area contributed by atoms with E-state index in [0.717, 1.165) is 10.4 Å². The highest BCUT2D eigenvalue weighted by molar-refractivity contribution is 7.88. The summed E-state index contributed by atoms with van der Waals surface area (Å²) in [6, 6.07) is 22.9. The molecule has 4 aromatic rings. The second-order valence-electron chi connectivity index (χ2n) is 9.74. The fourth-order valence-corrected chi connectivity index (χ4v) is 9.42. The number of halogens is 3. The lowest BCUT2D eigenvalue weighted by Crippen LogP contribution is -2.68. The van der Waals surface area contributed by atoms with Crippen LogP contribution in [-0.2, 0) is 10.1 Å². The van der Waals surface area contributed by atoms with Crippen LogP contribution in [-0.4, -0.2) is 22.2 Å². The van der Waals surface area contributed by atoms with Gasteiger partial charge in [-0.15, -0.1) is 0 Å². The molecule has 200 valence electrons. The zero-order chi connectivity index (χ0) is 27.9. The molecule has 0 saturated heterocycles. The van der Waals surface area contributed by atoms with Gasteiger partial charge in [0, 0.05) is 5.56 Å². The molecule has 4 rings (SSSR count). The summed E-state index contributed by atoms with van der Waals surface area (Å²) in [7, 11) is -9.10. The number of hydrogen-bond acceptors (Lipinski definition) is 6. The summed E-state index contributed by atoms with van der Waals surface area (Å²) in [4.78, 5) is 12.2. The van der Waals surface area contributed by atoms with Crippen LogP contribution in [0.2, 0.25) is 5.04 Å². The molecule has 0 amide bonds. The highest BCUT2D eigenvalue weighted by Crippen LogP contribution is 2.40. The van der Waals surface area contributed by atoms with E-state index < -0.39 is 40.4 Å². The zero-order valence-electron chi connectivity index (χ0n) is 21.0. The lowest BCUT2D eigenvalue weighted by atomic mass is 10.1. The molecule has 0 saturated carbocycles. The van der Waals surface area contributed by atoms with Gasteiger partial charge in [-0.3, -0.25) is 0 Å². The van der Waals surface area contributed by atoms with E-state index in [4.69, 9.17) is 8.84 Å². The van der Waals surface area contributed by atoms with Gasteiger partial charge in [-0.05, 0) is 34.5 Å². The van der Waals surface area contributed by atoms with E-state index in [1.54, 1.807) is 6.92 Å². The van der Waals surface area contributed by atoms with Crippen molar-refractivity contribution < 1.29 is 34.6 Å². The van der Waals surface area contributed by atoms with Gasteiger partial charge in [0.25, 0.3) is 0 Å². The maximum Gasteiger partial charge on any atom is 0.534 e. The maximum atomic E-state index is 13.0. The van der Waals surface area contributed by atoms with E-state index in [-0.39, 0.29) is 11.0 Å². The molecule has 0 aliphatic rings. The fourth-order valence-electron chi connectivity index (χ4n) is 4.47. The third-order valence-electron chi connectivity index (χ3n) is 6.24. The summed E-state index contributed by atoms with van der Waals surface area (Å²) >= 11 is 0. The summed E-state index contributed by atoms with van der Waals surface area (Å²) in [6.07, 6.45) is 0. The zero-order valence-corrected chi connectivity index (χ0v) is 22.8. The third kappa shape index (κ3) is 4.83. The van der Waals surface area contributed by atoms with Crippen LogP contribution in [0.1, 0.15) is 26.3 Å². The molecule has 0 radical (unpaired) electrons. The first kappa shape index (κ1) is 27.5. The molecule has 3 aromatic carbocycles. The van der Waals surface area contributed by atoms with Crippen molar-refractivity contribution in [1.82, 2.24) is 0 Å². The van der Waals surface area contributed by atoms with E-state index in [2.05, 4.69) is 25.0 Å². The van der Waals surface area contributed by atoms with Crippen LogP contribution in [0.5, 0.6) is 11.5 Å². The highest BCUT2D eigenvalue weighted by Gasteiger charge is 2.52. The van der Waals surface area contributed by atoms with Gasteiger partial charge in [0.2, 0.25) is 0 Å². The largest absolute Gasteiger partial charge is 0.534 e. The molecule has 0 spiro atoms. The Labute approximate surface area is 218 Å². The van der Waals surface area contributed by atoms with Crippen LogP contribution in [0.15, 0.2) is 88.1 Å². The SMILES string of the molecule is Cc1c(O[Si](c2ccccc2)(c2ccccc2)C(C)(C)C)ccc2c(OS(=O)(=O)C(F)(F)F)cc(=O)oc12. The number of alkyl halides is 3. The van der Waals surface area contributed by atoms with Crippen molar-refractivity contribution in [2.45, 2.75) is 38.2 Å². The molecule has 0 bridgehead atoms. The van der Waals surface area contributed by atoms with E-state index in [1.165, 1.54) is 12.1 Å². The van der Waals surface area contributed by atoms with Crippen molar-refractivity contribution in [2.75, 3.05) is 0 Å². The lowest BCUT2D eigenvalue weighted by molar-refractivity contribution is -0.0499. The Bertz CT molecular complexity index is 1590. The summed E-state index contributed by atoms with van der Waals surface area (Å²) in [5, 5.41) is 1.44. The van der Waals surface area contributed by atoms with Crippen molar-refractivity contribution in [3.8, 4) is 11.5 Å². The second-order valence-corrected chi connectivity index (χ2v) is 15.5. The van der Waals surface area contributed by atoms with Gasteiger partial charge in [-0.25, -0.2) is 4.79 Å². The second kappa shape index (κ2) is 9.63. The standard InChI is InChI=1S/C27H25F3O6SSi/c1-18-22(16-15-21-23(17-24(31)34-25(18)21)35-37(32,33)27(28,29)30)36-38(26(2,3)4,19-11-7-5-8-12-19)20-13-9-6-10-14-20/h5-17H,1-4H3. The topological polar surface area (TPSA) is 82.8 Å². The van der Waals surface area contributed by atoms with Crippen molar-refractivity contribution in [3.05, 3.63) is 94.8 Å². The summed E-state index contributed by atoms with van der Waals surface area (Å²) in [5.74, 6) is -0.445. The average molecular weight is 563 g/mol. The van der Waals surface area contributed by atoms with Gasteiger partial charge < -0.3 is 13.0 Å². The minimum Gasteiger partial charge on any atom is -0.534 e. The average Bonchev–Trinajstić information content (AvgIpc) is 2.83. The maximum absolute atomic E-state index is 13.0. The molecule has 0 fully saturated rings. The smallest absolute Gasteiger partial charge is 0.534 e. The lowest BCUT2D eigenvalue weighted by Gasteiger charge is -2.43. The monoisotopic (exact) mass is 562 g/mol. The molecule has 38 heavy (non-hydrogen) atoms. The third-order valence-corrected chi connectivity index (χ3v) is 12.1. The van der Waals surface area contributed by atoms with Crippen molar-refractivity contribution in [1.29, 1.82) is 0 Å². The Morgan fingerprint density at radius 3 is 1.82 bits per heavy atom. The molecular weight excluding hydrogens is 537 g/mol.